The molecule has 0 heterocycles. The van der Waals surface area contributed by atoms with Crippen LogP contribution in [0.4, 0.5) is 5.69 Å². The molecule has 12 heteroatoms. The van der Waals surface area contributed by atoms with Gasteiger partial charge < -0.3 is 19.7 Å². The van der Waals surface area contributed by atoms with E-state index in [2.05, 4.69) is 15.0 Å². The molecule has 0 aliphatic carbocycles. The van der Waals surface area contributed by atoms with Crippen LogP contribution in [-0.2, 0) is 19.3 Å². The molecule has 1 aromatic rings. The van der Waals surface area contributed by atoms with Crippen molar-refractivity contribution < 1.29 is 34.2 Å². The third kappa shape index (κ3) is 7.05. The fourth-order valence-electron chi connectivity index (χ4n) is 2.68. The van der Waals surface area contributed by atoms with Gasteiger partial charge in [-0.15, -0.1) is 20.2 Å². The Morgan fingerprint density at radius 1 is 1.21 bits per heavy atom. The molecule has 0 spiro atoms. The van der Waals surface area contributed by atoms with E-state index in [0.717, 1.165) is 5.56 Å². The molecule has 1 aromatic carbocycles. The lowest BCUT2D eigenvalue weighted by Gasteiger charge is -2.16. The normalized spacial score (nSPS) is 11.2. The fourth-order valence-corrected chi connectivity index (χ4v) is 2.68. The van der Waals surface area contributed by atoms with Crippen molar-refractivity contribution in [2.24, 2.45) is 0 Å². The minimum absolute atomic E-state index is 0.0201. The Balaban J connectivity index is 2.69. The van der Waals surface area contributed by atoms with Crippen molar-refractivity contribution >= 4 is 18.1 Å². The number of amides is 1. The molecule has 1 atom stereocenters. The minimum atomic E-state index is -1.18. The molecule has 1 N–H and O–H groups in total. The van der Waals surface area contributed by atoms with Gasteiger partial charge >= 0.3 is 5.97 Å². The average Bonchev–Trinajstić information content (AvgIpc) is 2.59. The number of benzene rings is 1. The first-order valence-corrected chi connectivity index (χ1v) is 8.25. The van der Waals surface area contributed by atoms with E-state index in [-0.39, 0.29) is 19.3 Å². The maximum absolute atomic E-state index is 12.1. The van der Waals surface area contributed by atoms with Gasteiger partial charge in [-0.05, 0) is 44.7 Å². The minimum Gasteiger partial charge on any atom is -0.426 e. The second-order valence-corrected chi connectivity index (χ2v) is 5.94. The highest BCUT2D eigenvalue weighted by Crippen LogP contribution is 2.32. The summed E-state index contributed by atoms with van der Waals surface area (Å²) in [6.45, 7) is 4.63. The smallest absolute Gasteiger partial charge is 0.311 e. The van der Waals surface area contributed by atoms with Gasteiger partial charge in [0, 0.05) is 12.0 Å². The van der Waals surface area contributed by atoms with Crippen LogP contribution in [0.3, 0.4) is 0 Å². The van der Waals surface area contributed by atoms with Crippen molar-refractivity contribution in [1.82, 2.24) is 0 Å². The topological polar surface area (TPSA) is 160 Å². The highest BCUT2D eigenvalue weighted by Gasteiger charge is 2.18. The van der Waals surface area contributed by atoms with Gasteiger partial charge in [0.2, 0.25) is 6.41 Å². The second kappa shape index (κ2) is 10.6. The zero-order valence-electron chi connectivity index (χ0n) is 15.6. The molecule has 28 heavy (non-hydrogen) atoms. The fraction of sp³-hybridized carbons (Fsp3) is 0.500. The maximum atomic E-state index is 12.1. The van der Waals surface area contributed by atoms with E-state index < -0.39 is 28.9 Å². The molecular formula is C16H21N3O9. The summed E-state index contributed by atoms with van der Waals surface area (Å²) in [4.78, 5) is 51.8. The lowest BCUT2D eigenvalue weighted by Crippen LogP contribution is -2.25. The van der Waals surface area contributed by atoms with E-state index in [1.807, 2.05) is 0 Å². The van der Waals surface area contributed by atoms with Crippen LogP contribution in [0.5, 0.6) is 5.75 Å². The van der Waals surface area contributed by atoms with Crippen LogP contribution in [0.15, 0.2) is 6.07 Å². The zero-order chi connectivity index (χ0) is 21.3. The monoisotopic (exact) mass is 399 g/mol. The first-order chi connectivity index (χ1) is 13.1. The number of nitrogens with one attached hydrogen (secondary N) is 1. The number of carbonyl (C=O) groups excluding carboxylic acids is 2. The van der Waals surface area contributed by atoms with Crippen molar-refractivity contribution in [3.8, 4) is 5.75 Å². The lowest BCUT2D eigenvalue weighted by molar-refractivity contribution is -0.790. The van der Waals surface area contributed by atoms with E-state index >= 15 is 0 Å². The Hall–Kier alpha value is -3.44. The molecule has 0 aliphatic heterocycles. The van der Waals surface area contributed by atoms with E-state index in [4.69, 9.17) is 4.74 Å². The summed E-state index contributed by atoms with van der Waals surface area (Å²) in [6, 6.07) is 1.76. The SMILES string of the molecule is Cc1cc(C)c(OC(=O)CCCC(CO[N+](=O)[O-])O[N+](=O)[O-])c(C)c1NC=O. The van der Waals surface area contributed by atoms with Gasteiger partial charge in [0.15, 0.2) is 0 Å². The van der Waals surface area contributed by atoms with E-state index in [1.54, 1.807) is 26.8 Å². The highest BCUT2D eigenvalue weighted by molar-refractivity contribution is 5.80. The van der Waals surface area contributed by atoms with Crippen LogP contribution >= 0.6 is 0 Å². The van der Waals surface area contributed by atoms with Crippen molar-refractivity contribution in [2.45, 2.75) is 46.1 Å². The molecule has 0 radical (unpaired) electrons. The number of carbonyl (C=O) groups is 2. The van der Waals surface area contributed by atoms with Gasteiger partial charge in [-0.25, -0.2) is 0 Å². The first kappa shape index (κ1) is 22.6. The van der Waals surface area contributed by atoms with E-state index in [0.29, 0.717) is 29.0 Å². The lowest BCUT2D eigenvalue weighted by atomic mass is 10.0. The maximum Gasteiger partial charge on any atom is 0.311 e. The molecule has 0 aromatic heterocycles. The number of ether oxygens (including phenoxy) is 1. The summed E-state index contributed by atoms with van der Waals surface area (Å²) in [5, 5.41) is 21.0. The Labute approximate surface area is 160 Å². The average molecular weight is 399 g/mol. The van der Waals surface area contributed by atoms with Crippen LogP contribution in [0, 0.1) is 41.0 Å². The Bertz CT molecular complexity index is 751. The number of esters is 1. The third-order valence-corrected chi connectivity index (χ3v) is 3.83. The second-order valence-electron chi connectivity index (χ2n) is 5.94. The quantitative estimate of drug-likeness (QED) is 0.182. The zero-order valence-corrected chi connectivity index (χ0v) is 15.6. The van der Waals surface area contributed by atoms with Crippen LogP contribution < -0.4 is 10.1 Å². The van der Waals surface area contributed by atoms with Crippen molar-refractivity contribution in [3.05, 3.63) is 43.0 Å². The van der Waals surface area contributed by atoms with Gasteiger partial charge in [0.05, 0.1) is 5.69 Å². The van der Waals surface area contributed by atoms with Crippen LogP contribution in [0.1, 0.15) is 36.0 Å². The Kier molecular flexibility index (Phi) is 8.59. The number of hydrogen-bond donors (Lipinski definition) is 1. The van der Waals surface area contributed by atoms with Gasteiger partial charge in [0.1, 0.15) is 18.5 Å². The van der Waals surface area contributed by atoms with Crippen molar-refractivity contribution in [3.63, 3.8) is 0 Å². The Morgan fingerprint density at radius 3 is 2.46 bits per heavy atom. The Morgan fingerprint density at radius 2 is 1.89 bits per heavy atom. The predicted molar refractivity (Wildman–Crippen MR) is 94.6 cm³/mol. The summed E-state index contributed by atoms with van der Waals surface area (Å²) in [5.74, 6) is -0.281. The summed E-state index contributed by atoms with van der Waals surface area (Å²) < 4.78 is 5.37. The summed E-state index contributed by atoms with van der Waals surface area (Å²) in [7, 11) is 0. The van der Waals surface area contributed by atoms with Gasteiger partial charge in [-0.2, -0.15) is 0 Å². The summed E-state index contributed by atoms with van der Waals surface area (Å²) in [6.07, 6.45) is -0.646. The summed E-state index contributed by atoms with van der Waals surface area (Å²) >= 11 is 0. The van der Waals surface area contributed by atoms with Crippen molar-refractivity contribution in [2.75, 3.05) is 11.9 Å². The van der Waals surface area contributed by atoms with Crippen LogP contribution in [0.2, 0.25) is 0 Å². The van der Waals surface area contributed by atoms with Crippen LogP contribution in [0.25, 0.3) is 0 Å². The van der Waals surface area contributed by atoms with Gasteiger partial charge in [-0.1, -0.05) is 6.07 Å². The standard InChI is InChI=1S/C16H21N3O9/c1-10-7-11(2)16(12(3)15(10)17-9-20)27-14(21)6-4-5-13(28-19(24)25)8-26-18(22)23/h7,9,13H,4-6,8H2,1-3H3,(H,17,20). The van der Waals surface area contributed by atoms with Gasteiger partial charge in [-0.3, -0.25) is 9.59 Å². The molecule has 1 rings (SSSR count). The predicted octanol–water partition coefficient (Wildman–Crippen LogP) is 2.04. The number of rotatable bonds is 12. The van der Waals surface area contributed by atoms with Crippen molar-refractivity contribution in [1.29, 1.82) is 0 Å². The molecule has 0 bridgehead atoms. The van der Waals surface area contributed by atoms with E-state index in [1.165, 1.54) is 0 Å². The number of anilines is 1. The third-order valence-electron chi connectivity index (χ3n) is 3.83. The molecular weight excluding hydrogens is 378 g/mol. The molecule has 12 nitrogen and oxygen atoms in total. The molecule has 1 amide bonds. The summed E-state index contributed by atoms with van der Waals surface area (Å²) in [5.41, 5.74) is 2.65. The largest absolute Gasteiger partial charge is 0.426 e. The molecule has 154 valence electrons. The van der Waals surface area contributed by atoms with E-state index in [9.17, 15) is 29.8 Å². The first-order valence-electron chi connectivity index (χ1n) is 8.25. The number of aryl methyl sites for hydroxylation is 2. The molecule has 0 fully saturated rings. The molecule has 0 aliphatic rings. The number of nitrogens with zero attached hydrogens (tertiary/aromatic N) is 2. The highest BCUT2D eigenvalue weighted by atomic mass is 17.0. The number of hydrogen-bond acceptors (Lipinski definition) is 9. The van der Waals surface area contributed by atoms with Gasteiger partial charge in [0.25, 0.3) is 10.2 Å². The molecule has 0 saturated heterocycles. The van der Waals surface area contributed by atoms with Crippen LogP contribution in [-0.4, -0.2) is 35.3 Å². The molecule has 1 unspecified atom stereocenters. The molecule has 0 saturated carbocycles.